The fraction of sp³-hybridized carbons (Fsp3) is 0.348. The zero-order chi connectivity index (χ0) is 18.7. The van der Waals surface area contributed by atoms with E-state index < -0.39 is 0 Å². The average molecular weight is 348 g/mol. The molecule has 3 rings (SSSR count). The van der Waals surface area contributed by atoms with Crippen LogP contribution < -0.4 is 4.90 Å². The lowest BCUT2D eigenvalue weighted by atomic mass is 9.95. The minimum absolute atomic E-state index is 0.307. The average Bonchev–Trinajstić information content (AvgIpc) is 2.61. The van der Waals surface area contributed by atoms with Crippen LogP contribution in [-0.4, -0.2) is 23.2 Å². The molecule has 0 saturated heterocycles. The number of pyridine rings is 1. The minimum Gasteiger partial charge on any atom is -0.508 e. The molecule has 0 amide bonds. The molecule has 0 radical (unpaired) electrons. The van der Waals surface area contributed by atoms with Gasteiger partial charge in [0.05, 0.1) is 17.6 Å². The number of rotatable bonds is 6. The first-order valence-corrected chi connectivity index (χ1v) is 9.50. The molecule has 0 spiro atoms. The lowest BCUT2D eigenvalue weighted by Gasteiger charge is -2.26. The van der Waals surface area contributed by atoms with Crippen LogP contribution in [0.1, 0.15) is 37.8 Å². The first-order valence-electron chi connectivity index (χ1n) is 9.50. The minimum atomic E-state index is 0.307. The fourth-order valence-corrected chi connectivity index (χ4v) is 3.84. The Balaban J connectivity index is 2.24. The maximum Gasteiger partial charge on any atom is 0.116 e. The molecule has 136 valence electrons. The van der Waals surface area contributed by atoms with E-state index in [4.69, 9.17) is 4.98 Å². The number of aryl methyl sites for hydroxylation is 2. The van der Waals surface area contributed by atoms with E-state index in [2.05, 4.69) is 43.0 Å². The molecule has 3 nitrogen and oxygen atoms in total. The highest BCUT2D eigenvalue weighted by Gasteiger charge is 2.16. The molecule has 0 saturated carbocycles. The van der Waals surface area contributed by atoms with Gasteiger partial charge in [0.15, 0.2) is 0 Å². The summed E-state index contributed by atoms with van der Waals surface area (Å²) in [7, 11) is 0. The van der Waals surface area contributed by atoms with Gasteiger partial charge in [-0.25, -0.2) is 0 Å². The number of phenols is 1. The number of nitrogens with zero attached hydrogens (tertiary/aromatic N) is 2. The third-order valence-electron chi connectivity index (χ3n) is 4.86. The number of anilines is 1. The zero-order valence-electron chi connectivity index (χ0n) is 16.2. The number of benzene rings is 2. The molecule has 0 fully saturated rings. The van der Waals surface area contributed by atoms with Gasteiger partial charge in [-0.05, 0) is 49.9 Å². The Labute approximate surface area is 156 Å². The van der Waals surface area contributed by atoms with Crippen molar-refractivity contribution < 1.29 is 5.11 Å². The first-order chi connectivity index (χ1) is 12.6. The Morgan fingerprint density at radius 2 is 1.50 bits per heavy atom. The molecule has 1 heterocycles. The zero-order valence-corrected chi connectivity index (χ0v) is 16.2. The molecule has 3 aromatic rings. The van der Waals surface area contributed by atoms with Crippen molar-refractivity contribution in [3.63, 3.8) is 0 Å². The van der Waals surface area contributed by atoms with E-state index in [0.29, 0.717) is 5.75 Å². The van der Waals surface area contributed by atoms with Crippen LogP contribution in [0.4, 0.5) is 5.69 Å². The van der Waals surface area contributed by atoms with Gasteiger partial charge >= 0.3 is 0 Å². The van der Waals surface area contributed by atoms with Crippen LogP contribution >= 0.6 is 0 Å². The van der Waals surface area contributed by atoms with Gasteiger partial charge in [0.25, 0.3) is 0 Å². The highest BCUT2D eigenvalue weighted by atomic mass is 16.3. The van der Waals surface area contributed by atoms with Crippen molar-refractivity contribution >= 4 is 16.5 Å². The summed E-state index contributed by atoms with van der Waals surface area (Å²) in [5.41, 5.74) is 5.41. The predicted molar refractivity (Wildman–Crippen MR) is 111 cm³/mol. The van der Waals surface area contributed by atoms with Crippen molar-refractivity contribution in [3.8, 4) is 17.0 Å². The van der Waals surface area contributed by atoms with E-state index in [1.54, 1.807) is 0 Å². The van der Waals surface area contributed by atoms with Crippen LogP contribution in [0.25, 0.3) is 22.0 Å². The van der Waals surface area contributed by atoms with Crippen molar-refractivity contribution in [3.05, 3.63) is 53.7 Å². The van der Waals surface area contributed by atoms with Crippen molar-refractivity contribution in [1.82, 2.24) is 4.98 Å². The van der Waals surface area contributed by atoms with Gasteiger partial charge in [-0.2, -0.15) is 0 Å². The van der Waals surface area contributed by atoms with E-state index in [-0.39, 0.29) is 0 Å². The molecule has 0 aliphatic rings. The monoisotopic (exact) mass is 348 g/mol. The molecule has 0 bridgehead atoms. The molecule has 0 aliphatic heterocycles. The van der Waals surface area contributed by atoms with Gasteiger partial charge in [0.2, 0.25) is 0 Å². The first kappa shape index (κ1) is 18.2. The molecule has 0 unspecified atom stereocenters. The van der Waals surface area contributed by atoms with E-state index in [0.717, 1.165) is 48.3 Å². The molecule has 26 heavy (non-hydrogen) atoms. The van der Waals surface area contributed by atoms with E-state index >= 15 is 0 Å². The summed E-state index contributed by atoms with van der Waals surface area (Å²) in [5, 5.41) is 12.3. The van der Waals surface area contributed by atoms with Gasteiger partial charge in [-0.1, -0.05) is 38.1 Å². The summed E-state index contributed by atoms with van der Waals surface area (Å²) in [6.45, 7) is 10.6. The standard InChI is InChI=1S/C23H28N2O/c1-5-11-25(12-6-2)21-15-24-23(20-10-8-7-9-19(20)21)22-16(3)13-18(26)14-17(22)4/h7-10,13-15,26H,5-6,11-12H2,1-4H3. The lowest BCUT2D eigenvalue weighted by molar-refractivity contribution is 0.474. The molecular formula is C23H28N2O. The summed E-state index contributed by atoms with van der Waals surface area (Å²) in [4.78, 5) is 7.33. The number of fused-ring (bicyclic) bond motifs is 1. The van der Waals surface area contributed by atoms with Crippen LogP contribution in [0.2, 0.25) is 0 Å². The third kappa shape index (κ3) is 3.39. The highest BCUT2D eigenvalue weighted by molar-refractivity contribution is 6.02. The van der Waals surface area contributed by atoms with Gasteiger partial charge in [0, 0.05) is 29.4 Å². The van der Waals surface area contributed by atoms with Crippen LogP contribution in [0.15, 0.2) is 42.6 Å². The van der Waals surface area contributed by atoms with Crippen molar-refractivity contribution in [2.24, 2.45) is 0 Å². The SMILES string of the molecule is CCCN(CCC)c1cnc(-c2c(C)cc(O)cc2C)c2ccccc12. The Morgan fingerprint density at radius 3 is 2.08 bits per heavy atom. The topological polar surface area (TPSA) is 36.4 Å². The second-order valence-electron chi connectivity index (χ2n) is 6.98. The van der Waals surface area contributed by atoms with E-state index in [1.807, 2.05) is 32.2 Å². The van der Waals surface area contributed by atoms with Crippen molar-refractivity contribution in [2.75, 3.05) is 18.0 Å². The van der Waals surface area contributed by atoms with Crippen LogP contribution in [-0.2, 0) is 0 Å². The molecule has 0 atom stereocenters. The summed E-state index contributed by atoms with van der Waals surface area (Å²) in [6.07, 6.45) is 4.26. The number of hydrogen-bond donors (Lipinski definition) is 1. The second-order valence-corrected chi connectivity index (χ2v) is 6.98. The molecule has 0 aliphatic carbocycles. The number of aromatic hydroxyl groups is 1. The van der Waals surface area contributed by atoms with Gasteiger partial charge in [-0.15, -0.1) is 0 Å². The molecule has 1 N–H and O–H groups in total. The largest absolute Gasteiger partial charge is 0.508 e. The number of aromatic nitrogens is 1. The Kier molecular flexibility index (Phi) is 5.46. The maximum absolute atomic E-state index is 9.89. The summed E-state index contributed by atoms with van der Waals surface area (Å²) >= 11 is 0. The smallest absolute Gasteiger partial charge is 0.116 e. The van der Waals surface area contributed by atoms with E-state index in [9.17, 15) is 5.11 Å². The molecule has 1 aromatic heterocycles. The summed E-state index contributed by atoms with van der Waals surface area (Å²) in [6, 6.07) is 12.1. The van der Waals surface area contributed by atoms with Crippen molar-refractivity contribution in [2.45, 2.75) is 40.5 Å². The molecule has 2 aromatic carbocycles. The number of phenolic OH excluding ortho intramolecular Hbond substituents is 1. The number of hydrogen-bond acceptors (Lipinski definition) is 3. The Hall–Kier alpha value is -2.55. The molecular weight excluding hydrogens is 320 g/mol. The van der Waals surface area contributed by atoms with Crippen LogP contribution in [0.5, 0.6) is 5.75 Å². The normalized spacial score (nSPS) is 11.1. The third-order valence-corrected chi connectivity index (χ3v) is 4.86. The predicted octanol–water partition coefficient (Wildman–Crippen LogP) is 5.85. The van der Waals surface area contributed by atoms with Gasteiger partial charge in [-0.3, -0.25) is 4.98 Å². The Bertz CT molecular complexity index is 888. The lowest BCUT2D eigenvalue weighted by Crippen LogP contribution is -2.25. The second kappa shape index (κ2) is 7.77. The van der Waals surface area contributed by atoms with Crippen LogP contribution in [0.3, 0.4) is 0 Å². The maximum atomic E-state index is 9.89. The van der Waals surface area contributed by atoms with E-state index in [1.165, 1.54) is 16.5 Å². The van der Waals surface area contributed by atoms with Gasteiger partial charge < -0.3 is 10.0 Å². The van der Waals surface area contributed by atoms with Gasteiger partial charge in [0.1, 0.15) is 5.75 Å². The quantitative estimate of drug-likeness (QED) is 0.607. The van der Waals surface area contributed by atoms with Crippen LogP contribution in [0, 0.1) is 13.8 Å². The fourth-order valence-electron chi connectivity index (χ4n) is 3.84. The summed E-state index contributed by atoms with van der Waals surface area (Å²) in [5.74, 6) is 0.307. The molecule has 3 heteroatoms. The highest BCUT2D eigenvalue weighted by Crippen LogP contribution is 2.37. The summed E-state index contributed by atoms with van der Waals surface area (Å²) < 4.78 is 0. The Morgan fingerprint density at radius 1 is 0.923 bits per heavy atom. The van der Waals surface area contributed by atoms with Crippen molar-refractivity contribution in [1.29, 1.82) is 0 Å².